The molecule has 2 heterocycles. The standard InChI is InChI=1S/C19H19ClN4OS/c1-12-6-8-24(9-7-12)18-5-3-14(11-15(18)20)21-19(25)13-2-4-16-17(10-13)23-26-22-16/h2-5,10-12H,6-9H2,1H3,(H,21,25). The quantitative estimate of drug-likeness (QED) is 0.700. The summed E-state index contributed by atoms with van der Waals surface area (Å²) in [6.07, 6.45) is 2.37. The summed E-state index contributed by atoms with van der Waals surface area (Å²) in [5, 5.41) is 3.57. The number of hydrogen-bond donors (Lipinski definition) is 1. The lowest BCUT2D eigenvalue weighted by Crippen LogP contribution is -2.32. The Morgan fingerprint density at radius 3 is 2.69 bits per heavy atom. The number of piperidine rings is 1. The summed E-state index contributed by atoms with van der Waals surface area (Å²) in [5.41, 5.74) is 3.80. The van der Waals surface area contributed by atoms with Crippen LogP contribution in [0, 0.1) is 5.92 Å². The molecule has 1 fully saturated rings. The second kappa shape index (κ2) is 7.21. The average molecular weight is 387 g/mol. The first kappa shape index (κ1) is 17.2. The van der Waals surface area contributed by atoms with Crippen LogP contribution in [0.1, 0.15) is 30.1 Å². The predicted octanol–water partition coefficient (Wildman–Crippen LogP) is 4.83. The molecule has 1 aliphatic rings. The molecular weight excluding hydrogens is 368 g/mol. The van der Waals surface area contributed by atoms with Crippen molar-refractivity contribution in [2.45, 2.75) is 19.8 Å². The van der Waals surface area contributed by atoms with Crippen molar-refractivity contribution in [3.8, 4) is 0 Å². The summed E-state index contributed by atoms with van der Waals surface area (Å²) in [5.74, 6) is 0.587. The van der Waals surface area contributed by atoms with Crippen LogP contribution in [0.25, 0.3) is 11.0 Å². The number of carbonyl (C=O) groups is 1. The van der Waals surface area contributed by atoms with Crippen LogP contribution >= 0.6 is 23.3 Å². The van der Waals surface area contributed by atoms with E-state index in [-0.39, 0.29) is 5.91 Å². The van der Waals surface area contributed by atoms with Crippen molar-refractivity contribution in [2.75, 3.05) is 23.3 Å². The van der Waals surface area contributed by atoms with Crippen molar-refractivity contribution in [3.05, 3.63) is 47.0 Å². The first-order chi connectivity index (χ1) is 12.6. The van der Waals surface area contributed by atoms with E-state index in [1.165, 1.54) is 12.8 Å². The van der Waals surface area contributed by atoms with E-state index in [1.807, 2.05) is 18.2 Å². The predicted molar refractivity (Wildman–Crippen MR) is 107 cm³/mol. The highest BCUT2D eigenvalue weighted by molar-refractivity contribution is 7.00. The molecule has 1 aromatic heterocycles. The van der Waals surface area contributed by atoms with Crippen molar-refractivity contribution in [1.82, 2.24) is 8.75 Å². The molecule has 0 aliphatic carbocycles. The fourth-order valence-electron chi connectivity index (χ4n) is 3.22. The number of benzene rings is 2. The summed E-state index contributed by atoms with van der Waals surface area (Å²) in [6, 6.07) is 11.0. The van der Waals surface area contributed by atoms with Gasteiger partial charge in [-0.25, -0.2) is 0 Å². The van der Waals surface area contributed by atoms with Gasteiger partial charge >= 0.3 is 0 Å². The van der Waals surface area contributed by atoms with Crippen molar-refractivity contribution >= 4 is 51.6 Å². The van der Waals surface area contributed by atoms with E-state index in [9.17, 15) is 4.79 Å². The first-order valence-electron chi connectivity index (χ1n) is 8.68. The number of aromatic nitrogens is 2. The molecule has 26 heavy (non-hydrogen) atoms. The molecule has 3 aromatic rings. The van der Waals surface area contributed by atoms with Crippen molar-refractivity contribution < 1.29 is 4.79 Å². The van der Waals surface area contributed by atoms with Gasteiger partial charge in [-0.1, -0.05) is 18.5 Å². The van der Waals surface area contributed by atoms with Crippen molar-refractivity contribution in [2.24, 2.45) is 5.92 Å². The van der Waals surface area contributed by atoms with Crippen LogP contribution in [0.15, 0.2) is 36.4 Å². The minimum atomic E-state index is -0.185. The van der Waals surface area contributed by atoms with Gasteiger partial charge in [0.1, 0.15) is 11.0 Å². The average Bonchev–Trinajstić information content (AvgIpc) is 3.10. The summed E-state index contributed by atoms with van der Waals surface area (Å²) in [6.45, 7) is 4.33. The normalized spacial score (nSPS) is 15.4. The van der Waals surface area contributed by atoms with Crippen LogP contribution in [-0.4, -0.2) is 27.7 Å². The molecule has 7 heteroatoms. The number of halogens is 1. The molecule has 1 aliphatic heterocycles. The molecular formula is C19H19ClN4OS. The van der Waals surface area contributed by atoms with Gasteiger partial charge in [0.25, 0.3) is 5.91 Å². The highest BCUT2D eigenvalue weighted by atomic mass is 35.5. The maximum atomic E-state index is 12.5. The Balaban J connectivity index is 1.49. The van der Waals surface area contributed by atoms with Crippen LogP contribution < -0.4 is 10.2 Å². The van der Waals surface area contributed by atoms with Crippen molar-refractivity contribution in [3.63, 3.8) is 0 Å². The number of amides is 1. The molecule has 5 nitrogen and oxygen atoms in total. The van der Waals surface area contributed by atoms with Gasteiger partial charge in [-0.3, -0.25) is 4.79 Å². The summed E-state index contributed by atoms with van der Waals surface area (Å²) < 4.78 is 8.33. The van der Waals surface area contributed by atoms with Crippen LogP contribution in [0.4, 0.5) is 11.4 Å². The van der Waals surface area contributed by atoms with E-state index in [4.69, 9.17) is 11.6 Å². The number of anilines is 2. The van der Waals surface area contributed by atoms with Crippen LogP contribution in [0.2, 0.25) is 5.02 Å². The third kappa shape index (κ3) is 3.52. The Morgan fingerprint density at radius 2 is 1.92 bits per heavy atom. The SMILES string of the molecule is CC1CCN(c2ccc(NC(=O)c3ccc4nsnc4c3)cc2Cl)CC1. The maximum Gasteiger partial charge on any atom is 0.255 e. The molecule has 0 atom stereocenters. The number of rotatable bonds is 3. The van der Waals surface area contributed by atoms with Gasteiger partial charge in [-0.05, 0) is 55.2 Å². The summed E-state index contributed by atoms with van der Waals surface area (Å²) in [7, 11) is 0. The zero-order chi connectivity index (χ0) is 18.1. The Hall–Kier alpha value is -2.18. The minimum Gasteiger partial charge on any atom is -0.370 e. The number of nitrogens with zero attached hydrogens (tertiary/aromatic N) is 3. The van der Waals surface area contributed by atoms with Gasteiger partial charge < -0.3 is 10.2 Å². The minimum absolute atomic E-state index is 0.185. The molecule has 0 spiro atoms. The number of carbonyl (C=O) groups excluding carboxylic acids is 1. The molecule has 4 rings (SSSR count). The highest BCUT2D eigenvalue weighted by Gasteiger charge is 2.18. The lowest BCUT2D eigenvalue weighted by atomic mass is 9.99. The molecule has 0 saturated carbocycles. The molecule has 0 radical (unpaired) electrons. The molecule has 1 N–H and O–H groups in total. The Morgan fingerprint density at radius 1 is 1.15 bits per heavy atom. The molecule has 2 aromatic carbocycles. The lowest BCUT2D eigenvalue weighted by Gasteiger charge is -2.32. The largest absolute Gasteiger partial charge is 0.370 e. The van der Waals surface area contributed by atoms with Gasteiger partial charge in [0.05, 0.1) is 22.4 Å². The van der Waals surface area contributed by atoms with Crippen LogP contribution in [0.3, 0.4) is 0 Å². The smallest absolute Gasteiger partial charge is 0.255 e. The topological polar surface area (TPSA) is 58.1 Å². The number of fused-ring (bicyclic) bond motifs is 1. The van der Waals surface area contributed by atoms with E-state index in [2.05, 4.69) is 25.9 Å². The van der Waals surface area contributed by atoms with E-state index in [0.717, 1.165) is 47.5 Å². The van der Waals surface area contributed by atoms with Gasteiger partial charge in [0, 0.05) is 24.3 Å². The van der Waals surface area contributed by atoms with E-state index < -0.39 is 0 Å². The van der Waals surface area contributed by atoms with Crippen molar-refractivity contribution in [1.29, 1.82) is 0 Å². The zero-order valence-corrected chi connectivity index (χ0v) is 16.0. The fourth-order valence-corrected chi connectivity index (χ4v) is 4.03. The molecule has 1 saturated heterocycles. The number of nitrogens with one attached hydrogen (secondary N) is 1. The number of hydrogen-bond acceptors (Lipinski definition) is 5. The third-order valence-corrected chi connectivity index (χ3v) is 5.71. The molecule has 134 valence electrons. The first-order valence-corrected chi connectivity index (χ1v) is 9.79. The maximum absolute atomic E-state index is 12.5. The van der Waals surface area contributed by atoms with Gasteiger partial charge in [0.15, 0.2) is 0 Å². The molecule has 0 unspecified atom stereocenters. The second-order valence-electron chi connectivity index (χ2n) is 6.76. The zero-order valence-electron chi connectivity index (χ0n) is 14.4. The van der Waals surface area contributed by atoms with Crippen LogP contribution in [-0.2, 0) is 0 Å². The molecule has 0 bridgehead atoms. The van der Waals surface area contributed by atoms with E-state index >= 15 is 0 Å². The highest BCUT2D eigenvalue weighted by Crippen LogP contribution is 2.32. The van der Waals surface area contributed by atoms with Gasteiger partial charge in [-0.15, -0.1) is 0 Å². The monoisotopic (exact) mass is 386 g/mol. The van der Waals surface area contributed by atoms with Crippen LogP contribution in [0.5, 0.6) is 0 Å². The summed E-state index contributed by atoms with van der Waals surface area (Å²) >= 11 is 7.62. The Bertz CT molecular complexity index is 950. The third-order valence-electron chi connectivity index (χ3n) is 4.85. The van der Waals surface area contributed by atoms with Gasteiger partial charge in [0.2, 0.25) is 0 Å². The van der Waals surface area contributed by atoms with Gasteiger partial charge in [-0.2, -0.15) is 8.75 Å². The summed E-state index contributed by atoms with van der Waals surface area (Å²) in [4.78, 5) is 14.8. The Kier molecular flexibility index (Phi) is 4.78. The van der Waals surface area contributed by atoms with E-state index in [1.54, 1.807) is 18.2 Å². The fraction of sp³-hybridized carbons (Fsp3) is 0.316. The van der Waals surface area contributed by atoms with E-state index in [0.29, 0.717) is 16.3 Å². The lowest BCUT2D eigenvalue weighted by molar-refractivity contribution is 0.102. The Labute approximate surface area is 161 Å². The second-order valence-corrected chi connectivity index (χ2v) is 7.69. The molecule has 1 amide bonds.